The molecule has 4 nitrogen and oxygen atoms in total. The maximum atomic E-state index is 11.1. The van der Waals surface area contributed by atoms with E-state index in [-0.39, 0.29) is 11.9 Å². The fourth-order valence-corrected chi connectivity index (χ4v) is 1.47. The smallest absolute Gasteiger partial charge is 0.236 e. The highest BCUT2D eigenvalue weighted by Crippen LogP contribution is 1.93. The van der Waals surface area contributed by atoms with Crippen LogP contribution in [0.5, 0.6) is 0 Å². The third-order valence-corrected chi connectivity index (χ3v) is 2.45. The van der Waals surface area contributed by atoms with Gasteiger partial charge in [0.15, 0.2) is 0 Å². The Morgan fingerprint density at radius 2 is 2.08 bits per heavy atom. The zero-order chi connectivity index (χ0) is 10.4. The molecule has 3 atom stereocenters. The van der Waals surface area contributed by atoms with Crippen molar-refractivity contribution in [1.29, 1.82) is 0 Å². The number of hydrogen-bond donors (Lipinski definition) is 2. The first-order valence-electron chi connectivity index (χ1n) is 4.29. The Kier molecular flexibility index (Phi) is 5.90. The van der Waals surface area contributed by atoms with Crippen LogP contribution >= 0.6 is 0 Å². The van der Waals surface area contributed by atoms with Gasteiger partial charge in [-0.2, -0.15) is 0 Å². The predicted molar refractivity (Wildman–Crippen MR) is 54.8 cm³/mol. The van der Waals surface area contributed by atoms with Gasteiger partial charge in [0, 0.05) is 28.9 Å². The zero-order valence-electron chi connectivity index (χ0n) is 8.37. The standard InChI is InChI=1S/C8H18N2O2S/c1-6(4-5-13(3)12)10-8(11)7(2)9/h6-7H,4-5,9H2,1-3H3,(H,10,11)/t6?,7-,13?/m0/s1. The molecule has 13 heavy (non-hydrogen) atoms. The lowest BCUT2D eigenvalue weighted by Crippen LogP contribution is -2.43. The van der Waals surface area contributed by atoms with Gasteiger partial charge in [-0.15, -0.1) is 0 Å². The van der Waals surface area contributed by atoms with E-state index >= 15 is 0 Å². The average molecular weight is 206 g/mol. The molecule has 0 spiro atoms. The first-order valence-corrected chi connectivity index (χ1v) is 6.02. The highest BCUT2D eigenvalue weighted by molar-refractivity contribution is 7.84. The number of rotatable bonds is 5. The Bertz CT molecular complexity index is 195. The molecule has 0 fully saturated rings. The Balaban J connectivity index is 3.68. The SMILES string of the molecule is CC(CCS(C)=O)NC(=O)[C@H](C)N. The summed E-state index contributed by atoms with van der Waals surface area (Å²) in [6.45, 7) is 3.52. The van der Waals surface area contributed by atoms with Crippen LogP contribution in [0.25, 0.3) is 0 Å². The second-order valence-corrected chi connectivity index (χ2v) is 4.82. The third kappa shape index (κ3) is 6.72. The summed E-state index contributed by atoms with van der Waals surface area (Å²) in [4.78, 5) is 11.1. The maximum Gasteiger partial charge on any atom is 0.236 e. The Labute approximate surface area is 81.7 Å². The molecule has 5 heteroatoms. The molecule has 0 aliphatic carbocycles. The van der Waals surface area contributed by atoms with Gasteiger partial charge in [0.2, 0.25) is 5.91 Å². The van der Waals surface area contributed by atoms with Crippen molar-refractivity contribution in [3.05, 3.63) is 0 Å². The monoisotopic (exact) mass is 206 g/mol. The number of carbonyl (C=O) groups is 1. The van der Waals surface area contributed by atoms with E-state index in [9.17, 15) is 9.00 Å². The maximum absolute atomic E-state index is 11.1. The van der Waals surface area contributed by atoms with Gasteiger partial charge in [0.25, 0.3) is 0 Å². The lowest BCUT2D eigenvalue weighted by molar-refractivity contribution is -0.122. The average Bonchev–Trinajstić information content (AvgIpc) is 2.00. The highest BCUT2D eigenvalue weighted by atomic mass is 32.2. The van der Waals surface area contributed by atoms with E-state index < -0.39 is 16.8 Å². The van der Waals surface area contributed by atoms with Crippen molar-refractivity contribution < 1.29 is 9.00 Å². The fourth-order valence-electron chi connectivity index (χ4n) is 0.789. The van der Waals surface area contributed by atoms with Crippen LogP contribution in [-0.4, -0.2) is 34.2 Å². The second-order valence-electron chi connectivity index (χ2n) is 3.26. The van der Waals surface area contributed by atoms with Gasteiger partial charge in [-0.05, 0) is 20.3 Å². The van der Waals surface area contributed by atoms with E-state index in [4.69, 9.17) is 5.73 Å². The molecule has 0 rings (SSSR count). The lowest BCUT2D eigenvalue weighted by Gasteiger charge is -2.14. The molecule has 0 aromatic rings. The van der Waals surface area contributed by atoms with E-state index in [0.717, 1.165) is 6.42 Å². The fraction of sp³-hybridized carbons (Fsp3) is 0.875. The van der Waals surface area contributed by atoms with Crippen molar-refractivity contribution in [1.82, 2.24) is 5.32 Å². The van der Waals surface area contributed by atoms with Gasteiger partial charge in [-0.1, -0.05) is 0 Å². The number of nitrogens with one attached hydrogen (secondary N) is 1. The summed E-state index contributed by atoms with van der Waals surface area (Å²) in [6, 6.07) is -0.433. The van der Waals surface area contributed by atoms with E-state index in [2.05, 4.69) is 5.32 Å². The van der Waals surface area contributed by atoms with Crippen LogP contribution in [0.2, 0.25) is 0 Å². The van der Waals surface area contributed by atoms with Gasteiger partial charge in [-0.25, -0.2) is 0 Å². The molecule has 0 aromatic heterocycles. The van der Waals surface area contributed by atoms with Crippen LogP contribution in [0, 0.1) is 0 Å². The molecule has 0 heterocycles. The normalized spacial score (nSPS) is 17.5. The van der Waals surface area contributed by atoms with Gasteiger partial charge < -0.3 is 11.1 Å². The summed E-state index contributed by atoms with van der Waals surface area (Å²) in [6.07, 6.45) is 2.38. The van der Waals surface area contributed by atoms with Crippen LogP contribution in [0.3, 0.4) is 0 Å². The summed E-state index contributed by atoms with van der Waals surface area (Å²) < 4.78 is 10.7. The largest absolute Gasteiger partial charge is 0.352 e. The van der Waals surface area contributed by atoms with E-state index in [0.29, 0.717) is 5.75 Å². The molecular formula is C8H18N2O2S. The van der Waals surface area contributed by atoms with Crippen LogP contribution in [-0.2, 0) is 15.6 Å². The number of carbonyl (C=O) groups excluding carboxylic acids is 1. The molecule has 1 amide bonds. The molecule has 0 saturated heterocycles. The van der Waals surface area contributed by atoms with Gasteiger partial charge >= 0.3 is 0 Å². The second kappa shape index (κ2) is 6.10. The molecule has 2 unspecified atom stereocenters. The summed E-state index contributed by atoms with van der Waals surface area (Å²) in [5.41, 5.74) is 5.37. The van der Waals surface area contributed by atoms with E-state index in [1.165, 1.54) is 0 Å². The molecule has 0 saturated carbocycles. The molecule has 3 N–H and O–H groups in total. The van der Waals surface area contributed by atoms with Crippen molar-refractivity contribution >= 4 is 16.7 Å². The number of nitrogens with two attached hydrogens (primary N) is 1. The highest BCUT2D eigenvalue weighted by Gasteiger charge is 2.10. The Hall–Kier alpha value is -0.420. The Morgan fingerprint density at radius 1 is 1.54 bits per heavy atom. The van der Waals surface area contributed by atoms with Gasteiger partial charge in [0.05, 0.1) is 6.04 Å². The number of amides is 1. The van der Waals surface area contributed by atoms with Gasteiger partial charge in [-0.3, -0.25) is 9.00 Å². The number of hydrogen-bond acceptors (Lipinski definition) is 3. The van der Waals surface area contributed by atoms with Crippen LogP contribution < -0.4 is 11.1 Å². The summed E-state index contributed by atoms with van der Waals surface area (Å²) >= 11 is 0. The van der Waals surface area contributed by atoms with Crippen LogP contribution in [0.4, 0.5) is 0 Å². The van der Waals surface area contributed by atoms with Gasteiger partial charge in [0.1, 0.15) is 0 Å². The molecular weight excluding hydrogens is 188 g/mol. The molecule has 78 valence electrons. The molecule has 0 radical (unpaired) electrons. The zero-order valence-corrected chi connectivity index (χ0v) is 9.19. The van der Waals surface area contributed by atoms with E-state index in [1.54, 1.807) is 13.2 Å². The molecule has 0 aliphatic heterocycles. The van der Waals surface area contributed by atoms with Crippen molar-refractivity contribution in [2.45, 2.75) is 32.4 Å². The summed E-state index contributed by atoms with van der Waals surface area (Å²) in [5, 5.41) is 2.74. The molecule has 0 aromatic carbocycles. The summed E-state index contributed by atoms with van der Waals surface area (Å²) in [5.74, 6) is 0.454. The first-order chi connectivity index (χ1) is 5.93. The topological polar surface area (TPSA) is 72.2 Å². The third-order valence-electron chi connectivity index (χ3n) is 1.64. The first kappa shape index (κ1) is 12.6. The minimum absolute atomic E-state index is 0.0439. The van der Waals surface area contributed by atoms with Crippen molar-refractivity contribution in [2.24, 2.45) is 5.73 Å². The van der Waals surface area contributed by atoms with Crippen molar-refractivity contribution in [3.8, 4) is 0 Å². The van der Waals surface area contributed by atoms with Crippen molar-refractivity contribution in [3.63, 3.8) is 0 Å². The summed E-state index contributed by atoms with van der Waals surface area (Å²) in [7, 11) is -0.794. The lowest BCUT2D eigenvalue weighted by atomic mass is 10.2. The van der Waals surface area contributed by atoms with Crippen molar-refractivity contribution in [2.75, 3.05) is 12.0 Å². The van der Waals surface area contributed by atoms with E-state index in [1.807, 2.05) is 6.92 Å². The minimum atomic E-state index is -0.794. The predicted octanol–water partition coefficient (Wildman–Crippen LogP) is -0.393. The molecule has 0 bridgehead atoms. The quantitative estimate of drug-likeness (QED) is 0.643. The Morgan fingerprint density at radius 3 is 2.46 bits per heavy atom. The minimum Gasteiger partial charge on any atom is -0.352 e. The van der Waals surface area contributed by atoms with Crippen LogP contribution in [0.15, 0.2) is 0 Å². The van der Waals surface area contributed by atoms with Crippen LogP contribution in [0.1, 0.15) is 20.3 Å². The molecule has 0 aliphatic rings.